The molecular formula is C32H37N7O3. The molecule has 218 valence electrons. The number of benzene rings is 2. The van der Waals surface area contributed by atoms with Crippen molar-refractivity contribution in [1.82, 2.24) is 29.5 Å². The number of hydrogen-bond acceptors (Lipinski definition) is 7. The van der Waals surface area contributed by atoms with Crippen molar-refractivity contribution in [2.24, 2.45) is 5.73 Å². The normalized spacial score (nSPS) is 14.1. The minimum atomic E-state index is -0.643. The second-order valence-electron chi connectivity index (χ2n) is 11.6. The molecule has 0 spiro atoms. The molecule has 2 amide bonds. The Bertz CT molecular complexity index is 1530. The van der Waals surface area contributed by atoms with E-state index in [9.17, 15) is 9.59 Å². The Labute approximate surface area is 246 Å². The predicted molar refractivity (Wildman–Crippen MR) is 160 cm³/mol. The van der Waals surface area contributed by atoms with Gasteiger partial charge in [0.25, 0.3) is 5.91 Å². The minimum Gasteiger partial charge on any atom is -0.444 e. The summed E-state index contributed by atoms with van der Waals surface area (Å²) in [7, 11) is 0. The van der Waals surface area contributed by atoms with E-state index in [1.54, 1.807) is 16.5 Å². The van der Waals surface area contributed by atoms with Gasteiger partial charge in [-0.1, -0.05) is 42.5 Å². The summed E-state index contributed by atoms with van der Waals surface area (Å²) in [5.74, 6) is -0.0296. The fourth-order valence-corrected chi connectivity index (χ4v) is 4.89. The van der Waals surface area contributed by atoms with Crippen LogP contribution in [0.5, 0.6) is 0 Å². The first kappa shape index (κ1) is 28.9. The SMILES string of the molecule is Cc1nc(C(N)=O)nn1-c1ccc(Cc2ccc(-c3ccc(CN4CCN(C(=O)OC(C)(C)C)CC4)cn3)cc2)cc1. The van der Waals surface area contributed by atoms with Crippen LogP contribution in [0.1, 0.15) is 53.9 Å². The Morgan fingerprint density at radius 2 is 1.50 bits per heavy atom. The summed E-state index contributed by atoms with van der Waals surface area (Å²) in [4.78, 5) is 36.6. The number of aryl methyl sites for hydroxylation is 1. The summed E-state index contributed by atoms with van der Waals surface area (Å²) in [6.07, 6.45) is 2.49. The molecule has 2 N–H and O–H groups in total. The molecule has 2 aromatic heterocycles. The maximum absolute atomic E-state index is 12.3. The number of hydrogen-bond donors (Lipinski definition) is 1. The molecule has 1 saturated heterocycles. The van der Waals surface area contributed by atoms with Crippen LogP contribution in [0.3, 0.4) is 0 Å². The largest absolute Gasteiger partial charge is 0.444 e. The topological polar surface area (TPSA) is 119 Å². The highest BCUT2D eigenvalue weighted by Crippen LogP contribution is 2.21. The van der Waals surface area contributed by atoms with Crippen molar-refractivity contribution in [1.29, 1.82) is 0 Å². The number of primary amides is 1. The number of carbonyl (C=O) groups is 2. The van der Waals surface area contributed by atoms with Crippen molar-refractivity contribution in [3.63, 3.8) is 0 Å². The van der Waals surface area contributed by atoms with Gasteiger partial charge in [-0.2, -0.15) is 0 Å². The van der Waals surface area contributed by atoms with Crippen molar-refractivity contribution in [2.45, 2.75) is 46.3 Å². The van der Waals surface area contributed by atoms with Crippen LogP contribution in [-0.2, 0) is 17.7 Å². The molecule has 1 fully saturated rings. The third-order valence-electron chi connectivity index (χ3n) is 7.08. The third-order valence-corrected chi connectivity index (χ3v) is 7.08. The van der Waals surface area contributed by atoms with E-state index < -0.39 is 11.5 Å². The molecule has 0 aliphatic carbocycles. The smallest absolute Gasteiger partial charge is 0.410 e. The lowest BCUT2D eigenvalue weighted by Gasteiger charge is -2.35. The number of aromatic nitrogens is 4. The molecule has 0 bridgehead atoms. The summed E-state index contributed by atoms with van der Waals surface area (Å²) in [5.41, 5.74) is 11.2. The molecule has 0 saturated carbocycles. The lowest BCUT2D eigenvalue weighted by molar-refractivity contribution is 0.0139. The van der Waals surface area contributed by atoms with Crippen LogP contribution in [0.15, 0.2) is 66.9 Å². The Morgan fingerprint density at radius 3 is 2.05 bits per heavy atom. The van der Waals surface area contributed by atoms with Crippen molar-refractivity contribution in [3.8, 4) is 16.9 Å². The van der Waals surface area contributed by atoms with E-state index in [0.29, 0.717) is 18.9 Å². The van der Waals surface area contributed by atoms with Gasteiger partial charge in [-0.15, -0.1) is 5.10 Å². The summed E-state index contributed by atoms with van der Waals surface area (Å²) < 4.78 is 7.11. The van der Waals surface area contributed by atoms with E-state index in [1.807, 2.05) is 51.2 Å². The summed E-state index contributed by atoms with van der Waals surface area (Å²) in [5, 5.41) is 4.19. The molecule has 3 heterocycles. The van der Waals surface area contributed by atoms with Crippen LogP contribution in [0.2, 0.25) is 0 Å². The van der Waals surface area contributed by atoms with Gasteiger partial charge in [-0.3, -0.25) is 14.7 Å². The van der Waals surface area contributed by atoms with Crippen molar-refractivity contribution in [2.75, 3.05) is 26.2 Å². The highest BCUT2D eigenvalue weighted by atomic mass is 16.6. The van der Waals surface area contributed by atoms with E-state index in [1.165, 1.54) is 5.56 Å². The molecule has 0 radical (unpaired) electrons. The van der Waals surface area contributed by atoms with Gasteiger partial charge in [-0.05, 0) is 69.0 Å². The van der Waals surface area contributed by atoms with E-state index >= 15 is 0 Å². The van der Waals surface area contributed by atoms with E-state index in [0.717, 1.165) is 54.1 Å². The number of nitrogens with zero attached hydrogens (tertiary/aromatic N) is 6. The Morgan fingerprint density at radius 1 is 0.881 bits per heavy atom. The van der Waals surface area contributed by atoms with Crippen molar-refractivity contribution in [3.05, 3.63) is 95.2 Å². The molecule has 42 heavy (non-hydrogen) atoms. The average molecular weight is 568 g/mol. The quantitative estimate of drug-likeness (QED) is 0.352. The first-order valence-electron chi connectivity index (χ1n) is 14.1. The standard InChI is InChI=1S/C32H37N7O3/c1-22-35-30(29(33)40)36-39(22)27-12-7-24(8-13-27)19-23-5-10-26(11-6-23)28-14-9-25(20-34-28)21-37-15-17-38(18-16-37)31(41)42-32(2,3)4/h5-14,20H,15-19,21H2,1-4H3,(H2,33,40). The first-order valence-corrected chi connectivity index (χ1v) is 14.1. The zero-order valence-corrected chi connectivity index (χ0v) is 24.6. The highest BCUT2D eigenvalue weighted by Gasteiger charge is 2.25. The van der Waals surface area contributed by atoms with E-state index in [2.05, 4.69) is 51.4 Å². The van der Waals surface area contributed by atoms with Gasteiger partial charge in [0.15, 0.2) is 0 Å². The molecule has 5 rings (SSSR count). The third kappa shape index (κ3) is 7.19. The number of carbonyl (C=O) groups excluding carboxylic acids is 2. The van der Waals surface area contributed by atoms with Gasteiger partial charge in [0.05, 0.1) is 11.4 Å². The van der Waals surface area contributed by atoms with Crippen LogP contribution >= 0.6 is 0 Å². The number of piperazine rings is 1. The number of amides is 2. The highest BCUT2D eigenvalue weighted by molar-refractivity contribution is 5.88. The molecule has 10 heteroatoms. The minimum absolute atomic E-state index is 0.0102. The first-order chi connectivity index (χ1) is 20.0. The van der Waals surface area contributed by atoms with Crippen LogP contribution in [0.25, 0.3) is 16.9 Å². The fourth-order valence-electron chi connectivity index (χ4n) is 4.89. The maximum atomic E-state index is 12.3. The number of nitrogens with two attached hydrogens (primary N) is 1. The summed E-state index contributed by atoms with van der Waals surface area (Å²) in [6.45, 7) is 11.2. The second kappa shape index (κ2) is 12.1. The van der Waals surface area contributed by atoms with Gasteiger partial charge in [0.1, 0.15) is 11.4 Å². The fraction of sp³-hybridized carbons (Fsp3) is 0.344. The van der Waals surface area contributed by atoms with Crippen molar-refractivity contribution < 1.29 is 14.3 Å². The molecule has 4 aromatic rings. The Hall–Kier alpha value is -4.57. The van der Waals surface area contributed by atoms with Gasteiger partial charge >= 0.3 is 6.09 Å². The average Bonchev–Trinajstić information content (AvgIpc) is 3.36. The lowest BCUT2D eigenvalue weighted by atomic mass is 10.0. The molecule has 2 aromatic carbocycles. The predicted octanol–water partition coefficient (Wildman–Crippen LogP) is 4.38. The number of rotatable bonds is 7. The molecule has 1 aliphatic rings. The second-order valence-corrected chi connectivity index (χ2v) is 11.6. The molecule has 0 atom stereocenters. The van der Waals surface area contributed by atoms with Crippen molar-refractivity contribution >= 4 is 12.0 Å². The van der Waals surface area contributed by atoms with Gasteiger partial charge in [-0.25, -0.2) is 14.5 Å². The zero-order valence-electron chi connectivity index (χ0n) is 24.6. The van der Waals surface area contributed by atoms with Crippen LogP contribution in [0, 0.1) is 6.92 Å². The monoisotopic (exact) mass is 567 g/mol. The lowest BCUT2D eigenvalue weighted by Crippen LogP contribution is -2.49. The Kier molecular flexibility index (Phi) is 8.35. The van der Waals surface area contributed by atoms with Gasteiger partial charge in [0, 0.05) is 44.5 Å². The zero-order chi connectivity index (χ0) is 29.9. The van der Waals surface area contributed by atoms with Crippen LogP contribution in [0.4, 0.5) is 4.79 Å². The van der Waals surface area contributed by atoms with Gasteiger partial charge < -0.3 is 15.4 Å². The van der Waals surface area contributed by atoms with Crippen LogP contribution in [-0.4, -0.2) is 73.3 Å². The molecule has 0 unspecified atom stereocenters. The van der Waals surface area contributed by atoms with Crippen LogP contribution < -0.4 is 5.73 Å². The number of ether oxygens (including phenoxy) is 1. The molecule has 10 nitrogen and oxygen atoms in total. The van der Waals surface area contributed by atoms with Gasteiger partial charge in [0.2, 0.25) is 5.82 Å². The summed E-state index contributed by atoms with van der Waals surface area (Å²) in [6, 6.07) is 20.7. The van der Waals surface area contributed by atoms with E-state index in [4.69, 9.17) is 15.5 Å². The summed E-state index contributed by atoms with van der Waals surface area (Å²) >= 11 is 0. The molecular weight excluding hydrogens is 530 g/mol. The Balaban J connectivity index is 1.13. The van der Waals surface area contributed by atoms with E-state index in [-0.39, 0.29) is 11.9 Å². The number of pyridine rings is 1. The maximum Gasteiger partial charge on any atom is 0.410 e. The molecule has 1 aliphatic heterocycles.